The molecule has 84 valence electrons. The maximum absolute atomic E-state index is 8.93. The van der Waals surface area contributed by atoms with Crippen LogP contribution in [-0.2, 0) is 13.0 Å². The SMILES string of the molecule is NCCC1CCCc2c1cnn2CCO. The van der Waals surface area contributed by atoms with Gasteiger partial charge >= 0.3 is 0 Å². The zero-order valence-corrected chi connectivity index (χ0v) is 9.02. The van der Waals surface area contributed by atoms with Crippen LogP contribution in [0.2, 0.25) is 0 Å². The molecule has 0 aromatic carbocycles. The molecule has 4 nitrogen and oxygen atoms in total. The minimum Gasteiger partial charge on any atom is -0.394 e. The first-order valence-corrected chi connectivity index (χ1v) is 5.72. The van der Waals surface area contributed by atoms with E-state index in [-0.39, 0.29) is 6.61 Å². The topological polar surface area (TPSA) is 64.1 Å². The van der Waals surface area contributed by atoms with Gasteiger partial charge in [-0.25, -0.2) is 0 Å². The second kappa shape index (κ2) is 4.77. The number of rotatable bonds is 4. The van der Waals surface area contributed by atoms with Gasteiger partial charge in [0.2, 0.25) is 0 Å². The molecule has 15 heavy (non-hydrogen) atoms. The van der Waals surface area contributed by atoms with Crippen LogP contribution < -0.4 is 5.73 Å². The lowest BCUT2D eigenvalue weighted by Gasteiger charge is -2.22. The van der Waals surface area contributed by atoms with E-state index in [1.54, 1.807) is 0 Å². The molecule has 1 aliphatic carbocycles. The average molecular weight is 209 g/mol. The van der Waals surface area contributed by atoms with Crippen LogP contribution in [0.25, 0.3) is 0 Å². The third-order valence-electron chi connectivity index (χ3n) is 3.21. The van der Waals surface area contributed by atoms with Crippen LogP contribution in [0.4, 0.5) is 0 Å². The van der Waals surface area contributed by atoms with Gasteiger partial charge in [-0.2, -0.15) is 5.10 Å². The standard InChI is InChI=1S/C11H19N3O/c12-5-4-9-2-1-3-11-10(9)8-13-14(11)6-7-15/h8-9,15H,1-7,12H2. The van der Waals surface area contributed by atoms with E-state index < -0.39 is 0 Å². The Morgan fingerprint density at radius 3 is 3.20 bits per heavy atom. The molecule has 0 saturated heterocycles. The summed E-state index contributed by atoms with van der Waals surface area (Å²) in [5.41, 5.74) is 8.29. The molecule has 1 aromatic rings. The number of hydrogen-bond donors (Lipinski definition) is 2. The summed E-state index contributed by atoms with van der Waals surface area (Å²) in [7, 11) is 0. The lowest BCUT2D eigenvalue weighted by atomic mass is 9.85. The number of hydrogen-bond acceptors (Lipinski definition) is 3. The van der Waals surface area contributed by atoms with Crippen LogP contribution in [0.5, 0.6) is 0 Å². The lowest BCUT2D eigenvalue weighted by Crippen LogP contribution is -2.16. The molecular weight excluding hydrogens is 190 g/mol. The monoisotopic (exact) mass is 209 g/mol. The van der Waals surface area contributed by atoms with Gasteiger partial charge < -0.3 is 10.8 Å². The molecule has 4 heteroatoms. The van der Waals surface area contributed by atoms with Gasteiger partial charge in [-0.15, -0.1) is 0 Å². The number of nitrogens with zero attached hydrogens (tertiary/aromatic N) is 2. The summed E-state index contributed by atoms with van der Waals surface area (Å²) in [5, 5.41) is 13.3. The van der Waals surface area contributed by atoms with E-state index in [1.165, 1.54) is 24.1 Å². The summed E-state index contributed by atoms with van der Waals surface area (Å²) in [4.78, 5) is 0. The first kappa shape index (κ1) is 10.6. The van der Waals surface area contributed by atoms with Crippen molar-refractivity contribution >= 4 is 0 Å². The van der Waals surface area contributed by atoms with Crippen LogP contribution in [0.3, 0.4) is 0 Å². The van der Waals surface area contributed by atoms with E-state index >= 15 is 0 Å². The predicted molar refractivity (Wildman–Crippen MR) is 58.7 cm³/mol. The van der Waals surface area contributed by atoms with Crippen molar-refractivity contribution in [3.05, 3.63) is 17.5 Å². The van der Waals surface area contributed by atoms with E-state index in [0.717, 1.165) is 19.4 Å². The molecule has 0 amide bonds. The van der Waals surface area contributed by atoms with Crippen LogP contribution >= 0.6 is 0 Å². The number of aliphatic hydroxyl groups excluding tert-OH is 1. The van der Waals surface area contributed by atoms with Gasteiger partial charge in [0.25, 0.3) is 0 Å². The molecule has 1 heterocycles. The maximum atomic E-state index is 8.93. The Kier molecular flexibility index (Phi) is 3.38. The summed E-state index contributed by atoms with van der Waals surface area (Å²) >= 11 is 0. The zero-order valence-electron chi connectivity index (χ0n) is 9.02. The molecule has 0 radical (unpaired) electrons. The quantitative estimate of drug-likeness (QED) is 0.765. The number of aliphatic hydroxyl groups is 1. The highest BCUT2D eigenvalue weighted by molar-refractivity contribution is 5.25. The molecule has 0 saturated carbocycles. The fourth-order valence-corrected chi connectivity index (χ4v) is 2.50. The van der Waals surface area contributed by atoms with E-state index in [9.17, 15) is 0 Å². The Morgan fingerprint density at radius 1 is 1.60 bits per heavy atom. The van der Waals surface area contributed by atoms with Gasteiger partial charge in [0.1, 0.15) is 0 Å². The van der Waals surface area contributed by atoms with Crippen molar-refractivity contribution in [2.24, 2.45) is 5.73 Å². The van der Waals surface area contributed by atoms with Crippen LogP contribution in [-0.4, -0.2) is 28.0 Å². The van der Waals surface area contributed by atoms with Gasteiger partial charge in [0, 0.05) is 5.69 Å². The van der Waals surface area contributed by atoms with Gasteiger partial charge in [-0.05, 0) is 43.7 Å². The van der Waals surface area contributed by atoms with Crippen LogP contribution in [0, 0.1) is 0 Å². The van der Waals surface area contributed by atoms with E-state index in [0.29, 0.717) is 12.5 Å². The molecule has 1 unspecified atom stereocenters. The van der Waals surface area contributed by atoms with Crippen LogP contribution in [0.15, 0.2) is 6.20 Å². The Labute approximate surface area is 90.1 Å². The molecule has 0 aliphatic heterocycles. The molecule has 3 N–H and O–H groups in total. The highest BCUT2D eigenvalue weighted by Gasteiger charge is 2.23. The van der Waals surface area contributed by atoms with Crippen molar-refractivity contribution in [2.75, 3.05) is 13.2 Å². The summed E-state index contributed by atoms with van der Waals surface area (Å²) in [6.45, 7) is 1.52. The van der Waals surface area contributed by atoms with Gasteiger partial charge in [0.05, 0.1) is 19.3 Å². The van der Waals surface area contributed by atoms with Gasteiger partial charge in [0.15, 0.2) is 0 Å². The minimum atomic E-state index is 0.162. The normalized spacial score (nSPS) is 20.3. The predicted octanol–water partition coefficient (Wildman–Crippen LogP) is 0.644. The zero-order chi connectivity index (χ0) is 10.7. The molecule has 1 aliphatic rings. The lowest BCUT2D eigenvalue weighted by molar-refractivity contribution is 0.266. The second-order valence-corrected chi connectivity index (χ2v) is 4.16. The van der Waals surface area contributed by atoms with Crippen LogP contribution in [0.1, 0.15) is 36.4 Å². The molecular formula is C11H19N3O. The Hall–Kier alpha value is -0.870. The first-order chi connectivity index (χ1) is 7.36. The van der Waals surface area contributed by atoms with Crippen molar-refractivity contribution in [3.63, 3.8) is 0 Å². The number of nitrogens with two attached hydrogens (primary N) is 1. The van der Waals surface area contributed by atoms with Gasteiger partial charge in [-0.1, -0.05) is 0 Å². The second-order valence-electron chi connectivity index (χ2n) is 4.16. The summed E-state index contributed by atoms with van der Waals surface area (Å²) < 4.78 is 1.94. The summed E-state index contributed by atoms with van der Waals surface area (Å²) in [6.07, 6.45) is 6.56. The molecule has 1 atom stereocenters. The largest absolute Gasteiger partial charge is 0.394 e. The molecule has 0 fully saturated rings. The molecule has 0 bridgehead atoms. The highest BCUT2D eigenvalue weighted by atomic mass is 16.3. The van der Waals surface area contributed by atoms with Crippen molar-refractivity contribution in [1.29, 1.82) is 0 Å². The number of fused-ring (bicyclic) bond motifs is 1. The number of aromatic nitrogens is 2. The van der Waals surface area contributed by atoms with E-state index in [1.807, 2.05) is 10.9 Å². The average Bonchev–Trinajstić information content (AvgIpc) is 2.64. The maximum Gasteiger partial charge on any atom is 0.0644 e. The summed E-state index contributed by atoms with van der Waals surface area (Å²) in [6, 6.07) is 0. The van der Waals surface area contributed by atoms with Crippen molar-refractivity contribution in [2.45, 2.75) is 38.1 Å². The minimum absolute atomic E-state index is 0.162. The Bertz CT molecular complexity index is 322. The fraction of sp³-hybridized carbons (Fsp3) is 0.727. The molecule has 2 rings (SSSR count). The fourth-order valence-electron chi connectivity index (χ4n) is 2.50. The third kappa shape index (κ3) is 2.06. The highest BCUT2D eigenvalue weighted by Crippen LogP contribution is 2.33. The van der Waals surface area contributed by atoms with E-state index in [4.69, 9.17) is 10.8 Å². The Morgan fingerprint density at radius 2 is 2.47 bits per heavy atom. The molecule has 0 spiro atoms. The Balaban J connectivity index is 2.21. The smallest absolute Gasteiger partial charge is 0.0644 e. The third-order valence-corrected chi connectivity index (χ3v) is 3.21. The van der Waals surface area contributed by atoms with Crippen molar-refractivity contribution < 1.29 is 5.11 Å². The summed E-state index contributed by atoms with van der Waals surface area (Å²) in [5.74, 6) is 0.589. The molecule has 1 aromatic heterocycles. The first-order valence-electron chi connectivity index (χ1n) is 5.72. The van der Waals surface area contributed by atoms with Crippen molar-refractivity contribution in [3.8, 4) is 0 Å². The van der Waals surface area contributed by atoms with E-state index in [2.05, 4.69) is 5.10 Å². The van der Waals surface area contributed by atoms with Crippen molar-refractivity contribution in [1.82, 2.24) is 9.78 Å². The van der Waals surface area contributed by atoms with Gasteiger partial charge in [-0.3, -0.25) is 4.68 Å².